The van der Waals surface area contributed by atoms with Gasteiger partial charge in [-0.05, 0) is 43.6 Å². The van der Waals surface area contributed by atoms with Gasteiger partial charge < -0.3 is 18.6 Å². The van der Waals surface area contributed by atoms with E-state index in [1.165, 1.54) is 0 Å². The minimum absolute atomic E-state index is 0.340. The van der Waals surface area contributed by atoms with Crippen molar-refractivity contribution in [3.05, 3.63) is 10.9 Å². The van der Waals surface area contributed by atoms with E-state index in [2.05, 4.69) is 25.5 Å². The molecule has 0 aromatic carbocycles. The van der Waals surface area contributed by atoms with Gasteiger partial charge in [0, 0.05) is 6.20 Å². The first kappa shape index (κ1) is 13.6. The third-order valence-corrected chi connectivity index (χ3v) is 4.80. The number of imidazole rings is 1. The molecule has 0 spiro atoms. The average Bonchev–Trinajstić information content (AvgIpc) is 2.65. The number of aromatic nitrogens is 2. The van der Waals surface area contributed by atoms with Crippen LogP contribution in [0.4, 0.5) is 0 Å². The highest BCUT2D eigenvalue weighted by Crippen LogP contribution is 2.36. The summed E-state index contributed by atoms with van der Waals surface area (Å²) in [6, 6.07) is 0.359. The van der Waals surface area contributed by atoms with Crippen LogP contribution in [0.2, 0.25) is 0 Å². The molecule has 1 aromatic heterocycles. The number of ether oxygens (including phenoxy) is 1. The van der Waals surface area contributed by atoms with Crippen molar-refractivity contribution in [1.29, 1.82) is 0 Å². The lowest BCUT2D eigenvalue weighted by Gasteiger charge is -2.32. The molecule has 0 atom stereocenters. The minimum Gasteiger partial charge on any atom is -0.398 e. The molecule has 2 saturated heterocycles. The van der Waals surface area contributed by atoms with Crippen molar-refractivity contribution in [2.75, 3.05) is 13.2 Å². The van der Waals surface area contributed by atoms with Gasteiger partial charge >= 0.3 is 7.12 Å². The quantitative estimate of drug-likeness (QED) is 0.772. The Morgan fingerprint density at radius 2 is 1.84 bits per heavy atom. The molecule has 0 aliphatic carbocycles. The van der Waals surface area contributed by atoms with E-state index in [0.29, 0.717) is 6.04 Å². The molecule has 2 aliphatic rings. The predicted octanol–water partition coefficient (Wildman–Crippen LogP) is 1.52. The van der Waals surface area contributed by atoms with Gasteiger partial charge in [-0.1, -0.05) is 0 Å². The number of rotatable bonds is 2. The summed E-state index contributed by atoms with van der Waals surface area (Å²) < 4.78 is 20.1. The third-order valence-electron chi connectivity index (χ3n) is 4.21. The maximum absolute atomic E-state index is 6.00. The van der Waals surface area contributed by atoms with Crippen LogP contribution >= 0.6 is 15.9 Å². The first-order valence-corrected chi connectivity index (χ1v) is 7.27. The molecule has 1 aromatic rings. The molecule has 3 heterocycles. The topological polar surface area (TPSA) is 45.5 Å². The molecule has 2 aliphatic heterocycles. The fourth-order valence-electron chi connectivity index (χ4n) is 2.11. The van der Waals surface area contributed by atoms with Crippen LogP contribution in [0.1, 0.15) is 33.7 Å². The predicted molar refractivity (Wildman–Crippen MR) is 75.5 cm³/mol. The zero-order valence-electron chi connectivity index (χ0n) is 11.6. The zero-order chi connectivity index (χ0) is 13.8. The largest absolute Gasteiger partial charge is 0.516 e. The van der Waals surface area contributed by atoms with E-state index in [1.807, 2.05) is 33.9 Å². The van der Waals surface area contributed by atoms with Crippen LogP contribution in [0.5, 0.6) is 0 Å². The molecule has 104 valence electrons. The number of hydrogen-bond acceptors (Lipinski definition) is 4. The molecular formula is C12H18BBrN2O3. The molecule has 19 heavy (non-hydrogen) atoms. The Bertz CT molecular complexity index is 483. The van der Waals surface area contributed by atoms with Gasteiger partial charge in [0.15, 0.2) is 4.73 Å². The molecule has 5 nitrogen and oxygen atoms in total. The van der Waals surface area contributed by atoms with E-state index >= 15 is 0 Å². The van der Waals surface area contributed by atoms with E-state index in [1.54, 1.807) is 0 Å². The summed E-state index contributed by atoms with van der Waals surface area (Å²) in [6.07, 6.45) is 1.99. The third kappa shape index (κ3) is 2.16. The van der Waals surface area contributed by atoms with Crippen molar-refractivity contribution in [2.24, 2.45) is 0 Å². The number of hydrogen-bond donors (Lipinski definition) is 0. The van der Waals surface area contributed by atoms with Crippen LogP contribution in [0, 0.1) is 0 Å². The van der Waals surface area contributed by atoms with Gasteiger partial charge in [0.05, 0.1) is 36.1 Å². The maximum Gasteiger partial charge on any atom is 0.516 e. The average molecular weight is 329 g/mol. The monoisotopic (exact) mass is 328 g/mol. The van der Waals surface area contributed by atoms with Gasteiger partial charge in [-0.3, -0.25) is 0 Å². The molecule has 0 saturated carbocycles. The Morgan fingerprint density at radius 3 is 2.32 bits per heavy atom. The van der Waals surface area contributed by atoms with Crippen molar-refractivity contribution >= 4 is 28.6 Å². The summed E-state index contributed by atoms with van der Waals surface area (Å²) in [5.41, 5.74) is 0.124. The normalized spacial score (nSPS) is 25.6. The van der Waals surface area contributed by atoms with Crippen LogP contribution in [-0.2, 0) is 14.0 Å². The fourth-order valence-corrected chi connectivity index (χ4v) is 2.70. The standard InChI is InChI=1S/C12H18BBrN2O3/c1-11(2)12(3,4)19-13(18-11)9-5-16(10(14)15-9)8-6-17-7-8/h5,8H,6-7H2,1-4H3. The Kier molecular flexibility index (Phi) is 3.09. The second kappa shape index (κ2) is 4.31. The number of nitrogens with zero attached hydrogens (tertiary/aromatic N) is 2. The lowest BCUT2D eigenvalue weighted by molar-refractivity contribution is -0.0243. The highest BCUT2D eigenvalue weighted by Gasteiger charge is 2.52. The molecular weight excluding hydrogens is 311 g/mol. The van der Waals surface area contributed by atoms with Gasteiger partial charge in [0.25, 0.3) is 0 Å². The second-order valence-corrected chi connectivity index (χ2v) is 6.83. The number of halogens is 1. The summed E-state index contributed by atoms with van der Waals surface area (Å²) in [5.74, 6) is 0. The van der Waals surface area contributed by atoms with E-state index in [4.69, 9.17) is 14.0 Å². The molecule has 3 rings (SSSR count). The lowest BCUT2D eigenvalue weighted by atomic mass is 9.86. The lowest BCUT2D eigenvalue weighted by Crippen LogP contribution is -2.41. The maximum atomic E-state index is 6.00. The highest BCUT2D eigenvalue weighted by molar-refractivity contribution is 9.10. The molecule has 0 unspecified atom stereocenters. The molecule has 0 bridgehead atoms. The van der Waals surface area contributed by atoms with E-state index in [-0.39, 0.29) is 11.2 Å². The molecule has 0 N–H and O–H groups in total. The van der Waals surface area contributed by atoms with Gasteiger partial charge in [-0.15, -0.1) is 0 Å². The van der Waals surface area contributed by atoms with Crippen LogP contribution < -0.4 is 5.59 Å². The SMILES string of the molecule is CC1(C)OB(c2cn(C3COC3)c(Br)n2)OC1(C)C. The van der Waals surface area contributed by atoms with Crippen molar-refractivity contribution in [2.45, 2.75) is 44.9 Å². The van der Waals surface area contributed by atoms with Gasteiger partial charge in [0.1, 0.15) is 0 Å². The summed E-state index contributed by atoms with van der Waals surface area (Å²) >= 11 is 3.48. The first-order chi connectivity index (χ1) is 8.80. The van der Waals surface area contributed by atoms with E-state index in [0.717, 1.165) is 23.5 Å². The Morgan fingerprint density at radius 1 is 1.26 bits per heavy atom. The van der Waals surface area contributed by atoms with Crippen LogP contribution in [0.15, 0.2) is 10.9 Å². The van der Waals surface area contributed by atoms with Crippen molar-refractivity contribution in [3.63, 3.8) is 0 Å². The fraction of sp³-hybridized carbons (Fsp3) is 0.750. The highest BCUT2D eigenvalue weighted by atomic mass is 79.9. The summed E-state index contributed by atoms with van der Waals surface area (Å²) in [6.45, 7) is 9.63. The summed E-state index contributed by atoms with van der Waals surface area (Å²) in [4.78, 5) is 4.50. The Labute approximate surface area is 121 Å². The molecule has 7 heteroatoms. The van der Waals surface area contributed by atoms with Crippen molar-refractivity contribution in [1.82, 2.24) is 9.55 Å². The molecule has 0 amide bonds. The van der Waals surface area contributed by atoms with Crippen molar-refractivity contribution < 1.29 is 14.0 Å². The van der Waals surface area contributed by atoms with Crippen molar-refractivity contribution in [3.8, 4) is 0 Å². The van der Waals surface area contributed by atoms with Crippen LogP contribution in [-0.4, -0.2) is 41.1 Å². The molecule has 0 radical (unpaired) electrons. The summed E-state index contributed by atoms with van der Waals surface area (Å²) in [7, 11) is -0.413. The van der Waals surface area contributed by atoms with Gasteiger partial charge in [-0.2, -0.15) is 0 Å². The Hall–Kier alpha value is -0.365. The van der Waals surface area contributed by atoms with E-state index < -0.39 is 7.12 Å². The zero-order valence-corrected chi connectivity index (χ0v) is 13.2. The summed E-state index contributed by atoms with van der Waals surface area (Å²) in [5, 5.41) is 0. The second-order valence-electron chi connectivity index (χ2n) is 6.12. The smallest absolute Gasteiger partial charge is 0.398 e. The van der Waals surface area contributed by atoms with Crippen LogP contribution in [0.25, 0.3) is 0 Å². The van der Waals surface area contributed by atoms with Crippen LogP contribution in [0.3, 0.4) is 0 Å². The van der Waals surface area contributed by atoms with E-state index in [9.17, 15) is 0 Å². The first-order valence-electron chi connectivity index (χ1n) is 6.48. The van der Waals surface area contributed by atoms with Gasteiger partial charge in [0.2, 0.25) is 0 Å². The Balaban J connectivity index is 1.84. The van der Waals surface area contributed by atoms with Gasteiger partial charge in [-0.25, -0.2) is 4.98 Å². The molecule has 2 fully saturated rings. The minimum atomic E-state index is -0.413.